The topological polar surface area (TPSA) is 113 Å². The molecule has 0 aliphatic carbocycles. The molecule has 1 aromatic rings. The highest BCUT2D eigenvalue weighted by molar-refractivity contribution is 5.98. The van der Waals surface area contributed by atoms with Crippen LogP contribution in [0.4, 0.5) is 4.79 Å². The maximum absolute atomic E-state index is 12.2. The molecule has 0 bridgehead atoms. The molecule has 1 aliphatic rings. The highest BCUT2D eigenvalue weighted by atomic mass is 16.6. The van der Waals surface area contributed by atoms with Crippen molar-refractivity contribution in [3.05, 3.63) is 17.7 Å². The second kappa shape index (κ2) is 10.5. The van der Waals surface area contributed by atoms with Crippen LogP contribution in [0.2, 0.25) is 0 Å². The lowest BCUT2D eigenvalue weighted by Gasteiger charge is -2.33. The second-order valence-corrected chi connectivity index (χ2v) is 6.22. The Bertz CT molecular complexity index is 752. The third kappa shape index (κ3) is 5.74. The molecular formula is C19H26N2O8. The molecule has 1 saturated heterocycles. The SMILES string of the molecule is COC(=O)NCC(=O)N1CCOC(COc2c(C(C)=O)ccc(OC)c2OC)C1. The summed E-state index contributed by atoms with van der Waals surface area (Å²) in [7, 11) is 4.18. The van der Waals surface area contributed by atoms with Gasteiger partial charge in [-0.05, 0) is 19.1 Å². The highest BCUT2D eigenvalue weighted by Crippen LogP contribution is 2.40. The van der Waals surface area contributed by atoms with Crippen molar-refractivity contribution in [3.8, 4) is 17.2 Å². The molecule has 2 rings (SSSR count). The zero-order valence-corrected chi connectivity index (χ0v) is 17.0. The predicted octanol–water partition coefficient (Wildman–Crippen LogP) is 0.869. The molecule has 1 aliphatic heterocycles. The normalized spacial score (nSPS) is 16.0. The molecule has 0 saturated carbocycles. The van der Waals surface area contributed by atoms with Crippen LogP contribution in [-0.2, 0) is 14.3 Å². The number of alkyl carbamates (subject to hydrolysis) is 1. The average molecular weight is 410 g/mol. The standard InChI is InChI=1S/C19H26N2O8/c1-12(22)14-5-6-15(25-2)18(26-3)17(14)29-11-13-10-21(7-8-28-13)16(23)9-20-19(24)27-4/h5-6,13H,7-11H2,1-4H3,(H,20,24). The summed E-state index contributed by atoms with van der Waals surface area (Å²) in [6.07, 6.45) is -1.09. The fraction of sp³-hybridized carbons (Fsp3) is 0.526. The molecule has 1 aromatic carbocycles. The minimum atomic E-state index is -0.673. The van der Waals surface area contributed by atoms with Gasteiger partial charge in [0, 0.05) is 6.54 Å². The van der Waals surface area contributed by atoms with E-state index in [2.05, 4.69) is 10.1 Å². The van der Waals surface area contributed by atoms with Crippen molar-refractivity contribution in [2.24, 2.45) is 0 Å². The highest BCUT2D eigenvalue weighted by Gasteiger charge is 2.27. The number of carbonyl (C=O) groups excluding carboxylic acids is 3. The van der Waals surface area contributed by atoms with E-state index >= 15 is 0 Å². The van der Waals surface area contributed by atoms with Gasteiger partial charge in [0.25, 0.3) is 0 Å². The second-order valence-electron chi connectivity index (χ2n) is 6.22. The van der Waals surface area contributed by atoms with Gasteiger partial charge in [0.05, 0.1) is 40.0 Å². The van der Waals surface area contributed by atoms with Gasteiger partial charge in [-0.2, -0.15) is 0 Å². The Morgan fingerprint density at radius 3 is 2.55 bits per heavy atom. The first-order valence-corrected chi connectivity index (χ1v) is 9.01. The van der Waals surface area contributed by atoms with Crippen LogP contribution in [0.3, 0.4) is 0 Å². The molecule has 2 amide bonds. The van der Waals surface area contributed by atoms with Gasteiger partial charge in [-0.25, -0.2) is 4.79 Å². The molecule has 1 fully saturated rings. The molecule has 1 unspecified atom stereocenters. The number of hydrogen-bond acceptors (Lipinski definition) is 8. The number of morpholine rings is 1. The number of rotatable bonds is 8. The molecule has 1 atom stereocenters. The van der Waals surface area contributed by atoms with E-state index in [9.17, 15) is 14.4 Å². The summed E-state index contributed by atoms with van der Waals surface area (Å²) in [4.78, 5) is 36.9. The summed E-state index contributed by atoms with van der Waals surface area (Å²) in [5.74, 6) is 0.566. The number of amides is 2. The number of hydrogen-bond donors (Lipinski definition) is 1. The molecule has 1 heterocycles. The van der Waals surface area contributed by atoms with Crippen LogP contribution < -0.4 is 19.5 Å². The largest absolute Gasteiger partial charge is 0.493 e. The molecular weight excluding hydrogens is 384 g/mol. The number of ketones is 1. The number of Topliss-reactive ketones (excluding diaryl/α,β-unsaturated/α-hetero) is 1. The summed E-state index contributed by atoms with van der Waals surface area (Å²) in [5.41, 5.74) is 0.355. The van der Waals surface area contributed by atoms with Crippen molar-refractivity contribution in [2.75, 3.05) is 54.2 Å². The third-order valence-electron chi connectivity index (χ3n) is 4.35. The molecule has 0 aromatic heterocycles. The fourth-order valence-corrected chi connectivity index (χ4v) is 2.87. The first-order valence-electron chi connectivity index (χ1n) is 9.01. The number of methoxy groups -OCH3 is 3. The summed E-state index contributed by atoms with van der Waals surface area (Å²) in [6, 6.07) is 3.24. The maximum atomic E-state index is 12.2. The molecule has 1 N–H and O–H groups in total. The Morgan fingerprint density at radius 1 is 1.17 bits per heavy atom. The third-order valence-corrected chi connectivity index (χ3v) is 4.35. The van der Waals surface area contributed by atoms with Crippen LogP contribution in [0.5, 0.6) is 17.2 Å². The number of nitrogens with one attached hydrogen (secondary N) is 1. The van der Waals surface area contributed by atoms with Gasteiger partial charge in [-0.15, -0.1) is 0 Å². The van der Waals surface area contributed by atoms with Gasteiger partial charge in [0.2, 0.25) is 11.7 Å². The van der Waals surface area contributed by atoms with Crippen LogP contribution in [0, 0.1) is 0 Å². The van der Waals surface area contributed by atoms with Crippen LogP contribution in [0.1, 0.15) is 17.3 Å². The van der Waals surface area contributed by atoms with Gasteiger partial charge in [0.1, 0.15) is 19.3 Å². The zero-order valence-electron chi connectivity index (χ0n) is 17.0. The van der Waals surface area contributed by atoms with Crippen molar-refractivity contribution in [1.82, 2.24) is 10.2 Å². The lowest BCUT2D eigenvalue weighted by atomic mass is 10.1. The summed E-state index contributed by atoms with van der Waals surface area (Å²) in [5, 5.41) is 2.36. The van der Waals surface area contributed by atoms with Gasteiger partial charge in [-0.1, -0.05) is 0 Å². The zero-order chi connectivity index (χ0) is 21.4. The van der Waals surface area contributed by atoms with E-state index in [0.717, 1.165) is 0 Å². The van der Waals surface area contributed by atoms with Crippen molar-refractivity contribution < 1.29 is 38.1 Å². The van der Waals surface area contributed by atoms with Crippen molar-refractivity contribution >= 4 is 17.8 Å². The van der Waals surface area contributed by atoms with E-state index in [1.54, 1.807) is 17.0 Å². The van der Waals surface area contributed by atoms with Crippen molar-refractivity contribution in [3.63, 3.8) is 0 Å². The summed E-state index contributed by atoms with van der Waals surface area (Å²) in [6.45, 7) is 2.37. The van der Waals surface area contributed by atoms with Crippen molar-refractivity contribution in [1.29, 1.82) is 0 Å². The monoisotopic (exact) mass is 410 g/mol. The first kappa shape index (κ1) is 22.3. The molecule has 160 valence electrons. The average Bonchev–Trinajstić information content (AvgIpc) is 2.74. The Labute approximate surface area is 169 Å². The smallest absolute Gasteiger partial charge is 0.407 e. The van der Waals surface area contributed by atoms with Crippen LogP contribution in [0.25, 0.3) is 0 Å². The van der Waals surface area contributed by atoms with Gasteiger partial charge >= 0.3 is 6.09 Å². The Kier molecular flexibility index (Phi) is 8.08. The molecule has 10 heteroatoms. The van der Waals surface area contributed by atoms with Gasteiger partial charge in [0.15, 0.2) is 17.3 Å². The van der Waals surface area contributed by atoms with E-state index in [-0.39, 0.29) is 37.1 Å². The lowest BCUT2D eigenvalue weighted by Crippen LogP contribution is -2.50. The van der Waals surface area contributed by atoms with Crippen LogP contribution in [-0.4, -0.2) is 83.0 Å². The fourth-order valence-electron chi connectivity index (χ4n) is 2.87. The van der Waals surface area contributed by atoms with E-state index in [0.29, 0.717) is 30.2 Å². The minimum absolute atomic E-state index is 0.0953. The number of nitrogens with zero attached hydrogens (tertiary/aromatic N) is 1. The van der Waals surface area contributed by atoms with E-state index in [1.165, 1.54) is 28.3 Å². The number of ether oxygens (including phenoxy) is 5. The number of benzene rings is 1. The number of carbonyl (C=O) groups is 3. The molecule has 0 radical (unpaired) electrons. The first-order chi connectivity index (χ1) is 13.9. The summed E-state index contributed by atoms with van der Waals surface area (Å²) < 4.78 is 26.6. The quantitative estimate of drug-likeness (QED) is 0.628. The Balaban J connectivity index is 2.05. The predicted molar refractivity (Wildman–Crippen MR) is 102 cm³/mol. The van der Waals surface area contributed by atoms with Crippen LogP contribution >= 0.6 is 0 Å². The van der Waals surface area contributed by atoms with E-state index in [4.69, 9.17) is 18.9 Å². The van der Waals surface area contributed by atoms with Crippen molar-refractivity contribution in [2.45, 2.75) is 13.0 Å². The van der Waals surface area contributed by atoms with E-state index in [1.807, 2.05) is 0 Å². The van der Waals surface area contributed by atoms with Gasteiger partial charge in [-0.3, -0.25) is 9.59 Å². The van der Waals surface area contributed by atoms with Gasteiger partial charge < -0.3 is 33.9 Å². The summed E-state index contributed by atoms with van der Waals surface area (Å²) >= 11 is 0. The van der Waals surface area contributed by atoms with E-state index < -0.39 is 12.2 Å². The maximum Gasteiger partial charge on any atom is 0.407 e. The van der Waals surface area contributed by atoms with Crippen LogP contribution in [0.15, 0.2) is 12.1 Å². The molecule has 0 spiro atoms. The molecule has 10 nitrogen and oxygen atoms in total. The Hall–Kier alpha value is -3.01. The lowest BCUT2D eigenvalue weighted by molar-refractivity contribution is -0.138. The minimum Gasteiger partial charge on any atom is -0.493 e. The molecule has 29 heavy (non-hydrogen) atoms. The Morgan fingerprint density at radius 2 is 1.93 bits per heavy atom.